The Morgan fingerprint density at radius 2 is 1.86 bits per heavy atom. The third-order valence-electron chi connectivity index (χ3n) is 4.11. The van der Waals surface area contributed by atoms with Crippen molar-refractivity contribution < 1.29 is 14.3 Å². The fourth-order valence-corrected chi connectivity index (χ4v) is 4.67. The quantitative estimate of drug-likeness (QED) is 0.413. The molecule has 0 fully saturated rings. The average molecular weight is 415 g/mol. The topological polar surface area (TPSA) is 60.7 Å². The van der Waals surface area contributed by atoms with E-state index in [9.17, 15) is 9.59 Å². The predicted octanol–water partition coefficient (Wildman–Crippen LogP) is 4.02. The summed E-state index contributed by atoms with van der Waals surface area (Å²) in [5.74, 6) is 1.33. The largest absolute Gasteiger partial charge is 0.468 e. The molecule has 28 heavy (non-hydrogen) atoms. The molecule has 0 atom stereocenters. The Kier molecular flexibility index (Phi) is 7.45. The number of thioether (sulfide) groups is 1. The molecule has 0 saturated heterocycles. The van der Waals surface area contributed by atoms with Crippen molar-refractivity contribution in [1.82, 2.24) is 4.57 Å². The summed E-state index contributed by atoms with van der Waals surface area (Å²) in [6, 6.07) is 18.0. The second kappa shape index (κ2) is 10.2. The second-order valence-corrected chi connectivity index (χ2v) is 8.28. The number of benzene rings is 2. The van der Waals surface area contributed by atoms with Crippen LogP contribution in [0.5, 0.6) is 0 Å². The van der Waals surface area contributed by atoms with Crippen LogP contribution in [-0.2, 0) is 26.6 Å². The molecule has 5 nitrogen and oxygen atoms in total. The van der Waals surface area contributed by atoms with Gasteiger partial charge in [0, 0.05) is 12.2 Å². The van der Waals surface area contributed by atoms with Gasteiger partial charge in [0.25, 0.3) is 0 Å². The average Bonchev–Trinajstić information content (AvgIpc) is 3.05. The number of rotatable bonds is 8. The van der Waals surface area contributed by atoms with Crippen molar-refractivity contribution in [2.45, 2.75) is 25.1 Å². The molecule has 1 heterocycles. The van der Waals surface area contributed by atoms with E-state index in [4.69, 9.17) is 4.74 Å². The Labute approximate surface area is 172 Å². The lowest BCUT2D eigenvalue weighted by Gasteiger charge is -2.03. The number of hydrogen-bond acceptors (Lipinski definition) is 5. The number of fused-ring (bicyclic) bond motifs is 1. The molecular formula is C21H22N2O3S2. The van der Waals surface area contributed by atoms with Crippen molar-refractivity contribution in [2.75, 3.05) is 12.9 Å². The van der Waals surface area contributed by atoms with Gasteiger partial charge in [-0.05, 0) is 29.9 Å². The number of aromatic nitrogens is 1. The fourth-order valence-electron chi connectivity index (χ4n) is 2.70. The van der Waals surface area contributed by atoms with E-state index in [-0.39, 0.29) is 18.4 Å². The number of para-hydroxylation sites is 1. The molecule has 0 spiro atoms. The third-order valence-corrected chi connectivity index (χ3v) is 6.29. The van der Waals surface area contributed by atoms with Crippen LogP contribution in [0.1, 0.15) is 18.4 Å². The minimum atomic E-state index is -0.366. The molecule has 1 aromatic heterocycles. The number of esters is 1. The summed E-state index contributed by atoms with van der Waals surface area (Å²) >= 11 is 3.22. The van der Waals surface area contributed by atoms with E-state index in [2.05, 4.69) is 17.1 Å². The predicted molar refractivity (Wildman–Crippen MR) is 114 cm³/mol. The van der Waals surface area contributed by atoms with Crippen molar-refractivity contribution >= 4 is 45.2 Å². The molecule has 0 N–H and O–H groups in total. The molecule has 3 aromatic rings. The molecule has 1 amide bonds. The van der Waals surface area contributed by atoms with E-state index in [0.29, 0.717) is 11.2 Å². The van der Waals surface area contributed by atoms with Crippen LogP contribution >= 0.6 is 23.1 Å². The summed E-state index contributed by atoms with van der Waals surface area (Å²) in [5.41, 5.74) is 2.17. The molecule has 7 heteroatoms. The molecule has 0 bridgehead atoms. The lowest BCUT2D eigenvalue weighted by atomic mass is 10.2. The Morgan fingerprint density at radius 1 is 1.11 bits per heavy atom. The highest BCUT2D eigenvalue weighted by Crippen LogP contribution is 2.17. The zero-order valence-electron chi connectivity index (χ0n) is 15.7. The first-order valence-electron chi connectivity index (χ1n) is 9.02. The van der Waals surface area contributed by atoms with Crippen molar-refractivity contribution in [2.24, 2.45) is 4.99 Å². The van der Waals surface area contributed by atoms with Crippen LogP contribution in [0.4, 0.5) is 0 Å². The minimum absolute atomic E-state index is 0.0412. The van der Waals surface area contributed by atoms with E-state index >= 15 is 0 Å². The van der Waals surface area contributed by atoms with Gasteiger partial charge in [-0.3, -0.25) is 9.59 Å². The molecular weight excluding hydrogens is 392 g/mol. The van der Waals surface area contributed by atoms with E-state index in [1.807, 2.05) is 54.2 Å². The Morgan fingerprint density at radius 3 is 2.64 bits per heavy atom. The van der Waals surface area contributed by atoms with E-state index < -0.39 is 0 Å². The van der Waals surface area contributed by atoms with Gasteiger partial charge in [0.15, 0.2) is 4.80 Å². The molecule has 0 aliphatic heterocycles. The Bertz CT molecular complexity index is 1010. The van der Waals surface area contributed by atoms with Crippen molar-refractivity contribution in [1.29, 1.82) is 0 Å². The molecule has 0 aliphatic carbocycles. The van der Waals surface area contributed by atoms with Gasteiger partial charge in [0.1, 0.15) is 6.54 Å². The first-order valence-corrected chi connectivity index (χ1v) is 11.0. The molecule has 3 rings (SSSR count). The van der Waals surface area contributed by atoms with Crippen molar-refractivity contribution in [3.05, 3.63) is 65.0 Å². The highest BCUT2D eigenvalue weighted by molar-refractivity contribution is 7.98. The fraction of sp³-hybridized carbons (Fsp3) is 0.286. The first kappa shape index (κ1) is 20.4. The zero-order valence-corrected chi connectivity index (χ0v) is 17.3. The van der Waals surface area contributed by atoms with Crippen LogP contribution in [0.3, 0.4) is 0 Å². The maximum atomic E-state index is 12.3. The maximum Gasteiger partial charge on any atom is 0.325 e. The molecule has 0 radical (unpaired) electrons. The number of hydrogen-bond donors (Lipinski definition) is 0. The summed E-state index contributed by atoms with van der Waals surface area (Å²) in [7, 11) is 1.35. The lowest BCUT2D eigenvalue weighted by molar-refractivity contribution is -0.141. The minimum Gasteiger partial charge on any atom is -0.468 e. The summed E-state index contributed by atoms with van der Waals surface area (Å²) in [5, 5.41) is 0. The van der Waals surface area contributed by atoms with Gasteiger partial charge in [0.05, 0.1) is 17.3 Å². The standard InChI is InChI=1S/C21H22N2O3S2/c1-26-20(25)14-23-17-10-5-6-11-18(17)28-21(23)22-19(24)12-7-13-27-15-16-8-3-2-4-9-16/h2-6,8-11H,7,12-15H2,1H3. The summed E-state index contributed by atoms with van der Waals surface area (Å²) in [4.78, 5) is 28.9. The number of ether oxygens (including phenoxy) is 1. The van der Waals surface area contributed by atoms with Crippen LogP contribution < -0.4 is 4.80 Å². The molecule has 0 saturated carbocycles. The van der Waals surface area contributed by atoms with Gasteiger partial charge in [-0.15, -0.1) is 0 Å². The van der Waals surface area contributed by atoms with Gasteiger partial charge in [-0.2, -0.15) is 16.8 Å². The Balaban J connectivity index is 1.62. The van der Waals surface area contributed by atoms with Crippen molar-refractivity contribution in [3.63, 3.8) is 0 Å². The van der Waals surface area contributed by atoms with Crippen LogP contribution in [0.15, 0.2) is 59.6 Å². The third kappa shape index (κ3) is 5.56. The number of carbonyl (C=O) groups is 2. The number of amides is 1. The SMILES string of the molecule is COC(=O)Cn1c(=NC(=O)CCCSCc2ccccc2)sc2ccccc21. The highest BCUT2D eigenvalue weighted by Gasteiger charge is 2.11. The monoisotopic (exact) mass is 414 g/mol. The van der Waals surface area contributed by atoms with E-state index in [1.165, 1.54) is 24.0 Å². The molecule has 0 aliphatic rings. The lowest BCUT2D eigenvalue weighted by Crippen LogP contribution is -2.22. The van der Waals surface area contributed by atoms with Gasteiger partial charge >= 0.3 is 5.97 Å². The molecule has 0 unspecified atom stereocenters. The number of thiazole rings is 1. The molecule has 146 valence electrons. The summed E-state index contributed by atoms with van der Waals surface area (Å²) < 4.78 is 7.50. The zero-order chi connectivity index (χ0) is 19.8. The Hall–Kier alpha value is -2.38. The normalized spacial score (nSPS) is 11.7. The van der Waals surface area contributed by atoms with E-state index in [1.54, 1.807) is 4.57 Å². The van der Waals surface area contributed by atoms with Gasteiger partial charge < -0.3 is 9.30 Å². The van der Waals surface area contributed by atoms with E-state index in [0.717, 1.165) is 28.1 Å². The number of methoxy groups -OCH3 is 1. The van der Waals surface area contributed by atoms with Crippen LogP contribution in [0, 0.1) is 0 Å². The van der Waals surface area contributed by atoms with Gasteiger partial charge in [-0.25, -0.2) is 0 Å². The van der Waals surface area contributed by atoms with Crippen molar-refractivity contribution in [3.8, 4) is 0 Å². The second-order valence-electron chi connectivity index (χ2n) is 6.16. The summed E-state index contributed by atoms with van der Waals surface area (Å²) in [6.07, 6.45) is 1.18. The smallest absolute Gasteiger partial charge is 0.325 e. The van der Waals surface area contributed by atoms with Crippen LogP contribution in [-0.4, -0.2) is 29.3 Å². The molecule has 2 aromatic carbocycles. The van der Waals surface area contributed by atoms with Crippen LogP contribution in [0.2, 0.25) is 0 Å². The van der Waals surface area contributed by atoms with Crippen LogP contribution in [0.25, 0.3) is 10.2 Å². The first-order chi connectivity index (χ1) is 13.7. The maximum absolute atomic E-state index is 12.3. The number of carbonyl (C=O) groups excluding carboxylic acids is 2. The highest BCUT2D eigenvalue weighted by atomic mass is 32.2. The summed E-state index contributed by atoms with van der Waals surface area (Å²) in [6.45, 7) is 0.0412. The number of nitrogens with zero attached hydrogens (tertiary/aromatic N) is 2. The van der Waals surface area contributed by atoms with Gasteiger partial charge in [0.2, 0.25) is 5.91 Å². The van der Waals surface area contributed by atoms with Gasteiger partial charge in [-0.1, -0.05) is 53.8 Å².